The Kier molecular flexibility index (Phi) is 2.47. The lowest BCUT2D eigenvalue weighted by molar-refractivity contribution is 0.691. The lowest BCUT2D eigenvalue weighted by Crippen LogP contribution is -2.31. The average molecular weight is 251 g/mol. The van der Waals surface area contributed by atoms with E-state index in [-0.39, 0.29) is 12.0 Å². The molecule has 0 aliphatic carbocycles. The minimum Gasteiger partial charge on any atom is -0.369 e. The van der Waals surface area contributed by atoms with E-state index in [0.717, 1.165) is 10.9 Å². The first-order chi connectivity index (χ1) is 6.79. The van der Waals surface area contributed by atoms with Gasteiger partial charge in [0.15, 0.2) is 0 Å². The molecule has 1 aliphatic rings. The molecule has 3 heteroatoms. The smallest absolute Gasteiger partial charge is 0.0943 e. The molecule has 2 atom stereocenters. The molecular weight excluding hydrogens is 240 g/mol. The number of hydrogen-bond donors (Lipinski definition) is 0. The topological polar surface area (TPSA) is 27.0 Å². The predicted molar refractivity (Wildman–Crippen MR) is 60.8 cm³/mol. The van der Waals surface area contributed by atoms with Crippen molar-refractivity contribution in [3.05, 3.63) is 29.8 Å². The van der Waals surface area contributed by atoms with Crippen LogP contribution < -0.4 is 4.90 Å². The number of fused-ring (bicyclic) bond motifs is 1. The Labute approximate surface area is 92.3 Å². The predicted octanol–water partition coefficient (Wildman–Crippen LogP) is 2.51. The third kappa shape index (κ3) is 1.22. The highest BCUT2D eigenvalue weighted by atomic mass is 79.9. The van der Waals surface area contributed by atoms with Crippen molar-refractivity contribution in [2.75, 3.05) is 17.3 Å². The van der Waals surface area contributed by atoms with E-state index in [1.165, 1.54) is 5.69 Å². The van der Waals surface area contributed by atoms with E-state index in [4.69, 9.17) is 5.26 Å². The maximum Gasteiger partial charge on any atom is 0.0943 e. The van der Waals surface area contributed by atoms with Crippen LogP contribution in [0.4, 0.5) is 5.69 Å². The van der Waals surface area contributed by atoms with Gasteiger partial charge in [-0.2, -0.15) is 5.26 Å². The molecule has 72 valence electrons. The first-order valence-electron chi connectivity index (χ1n) is 4.57. The molecule has 2 unspecified atom stereocenters. The van der Waals surface area contributed by atoms with Crippen LogP contribution in [0.15, 0.2) is 24.3 Å². The lowest BCUT2D eigenvalue weighted by atomic mass is 9.98. The quantitative estimate of drug-likeness (QED) is 0.717. The fraction of sp³-hybridized carbons (Fsp3) is 0.364. The van der Waals surface area contributed by atoms with Gasteiger partial charge in [-0.15, -0.1) is 0 Å². The zero-order valence-corrected chi connectivity index (χ0v) is 9.53. The normalized spacial score (nSPS) is 24.5. The number of benzene rings is 1. The van der Waals surface area contributed by atoms with Crippen LogP contribution in [-0.2, 0) is 0 Å². The van der Waals surface area contributed by atoms with Crippen LogP contribution in [0.5, 0.6) is 0 Å². The molecular formula is C11H11BrN2. The standard InChI is InChI=1S/C11H11BrN2/c1-14-10-5-3-2-4-8(10)9(7-13)11(14)6-12/h2-5,9,11H,6H2,1H3. The maximum atomic E-state index is 9.13. The summed E-state index contributed by atoms with van der Waals surface area (Å²) in [5.74, 6) is -0.00410. The van der Waals surface area contributed by atoms with E-state index >= 15 is 0 Å². The first-order valence-corrected chi connectivity index (χ1v) is 5.69. The molecule has 0 saturated heterocycles. The fourth-order valence-electron chi connectivity index (χ4n) is 2.03. The Bertz CT molecular complexity index is 383. The Morgan fingerprint density at radius 2 is 2.21 bits per heavy atom. The van der Waals surface area contributed by atoms with Crippen LogP contribution in [0.25, 0.3) is 0 Å². The Morgan fingerprint density at radius 1 is 1.50 bits per heavy atom. The molecule has 0 fully saturated rings. The monoisotopic (exact) mass is 250 g/mol. The molecule has 1 aromatic carbocycles. The van der Waals surface area contributed by atoms with E-state index < -0.39 is 0 Å². The van der Waals surface area contributed by atoms with Gasteiger partial charge in [-0.25, -0.2) is 0 Å². The zero-order valence-electron chi connectivity index (χ0n) is 7.94. The molecule has 1 heterocycles. The van der Waals surface area contributed by atoms with Gasteiger partial charge < -0.3 is 4.90 Å². The van der Waals surface area contributed by atoms with Crippen LogP contribution in [0.2, 0.25) is 0 Å². The van der Waals surface area contributed by atoms with Crippen LogP contribution >= 0.6 is 15.9 Å². The molecule has 0 N–H and O–H groups in total. The second kappa shape index (κ2) is 3.62. The number of alkyl halides is 1. The second-order valence-electron chi connectivity index (χ2n) is 3.50. The van der Waals surface area contributed by atoms with Gasteiger partial charge in [-0.3, -0.25) is 0 Å². The van der Waals surface area contributed by atoms with Gasteiger partial charge in [0.1, 0.15) is 0 Å². The number of anilines is 1. The van der Waals surface area contributed by atoms with Crippen molar-refractivity contribution in [3.8, 4) is 6.07 Å². The number of nitriles is 1. The summed E-state index contributed by atoms with van der Waals surface area (Å²) < 4.78 is 0. The third-order valence-electron chi connectivity index (χ3n) is 2.83. The minimum absolute atomic E-state index is 0.00410. The summed E-state index contributed by atoms with van der Waals surface area (Å²) in [7, 11) is 2.04. The molecule has 0 bridgehead atoms. The summed E-state index contributed by atoms with van der Waals surface area (Å²) in [6.07, 6.45) is 0. The Hall–Kier alpha value is -1.01. The average Bonchev–Trinajstić information content (AvgIpc) is 2.51. The Morgan fingerprint density at radius 3 is 2.86 bits per heavy atom. The van der Waals surface area contributed by atoms with Gasteiger partial charge in [-0.05, 0) is 11.6 Å². The molecule has 2 rings (SSSR count). The third-order valence-corrected chi connectivity index (χ3v) is 3.49. The number of halogens is 1. The van der Waals surface area contributed by atoms with E-state index in [1.54, 1.807) is 0 Å². The highest BCUT2D eigenvalue weighted by Gasteiger charge is 2.35. The van der Waals surface area contributed by atoms with Crippen molar-refractivity contribution in [2.45, 2.75) is 12.0 Å². The molecule has 0 radical (unpaired) electrons. The van der Waals surface area contributed by atoms with Gasteiger partial charge in [0, 0.05) is 18.1 Å². The van der Waals surface area contributed by atoms with Crippen molar-refractivity contribution in [1.29, 1.82) is 5.26 Å². The molecule has 0 spiro atoms. The van der Waals surface area contributed by atoms with Crippen LogP contribution in [0, 0.1) is 11.3 Å². The van der Waals surface area contributed by atoms with E-state index in [9.17, 15) is 0 Å². The number of rotatable bonds is 1. The van der Waals surface area contributed by atoms with Crippen molar-refractivity contribution in [3.63, 3.8) is 0 Å². The van der Waals surface area contributed by atoms with Gasteiger partial charge in [0.25, 0.3) is 0 Å². The van der Waals surface area contributed by atoms with Crippen molar-refractivity contribution < 1.29 is 0 Å². The molecule has 0 saturated carbocycles. The second-order valence-corrected chi connectivity index (χ2v) is 4.15. The van der Waals surface area contributed by atoms with Gasteiger partial charge in [0.2, 0.25) is 0 Å². The maximum absolute atomic E-state index is 9.13. The van der Waals surface area contributed by atoms with Crippen LogP contribution in [-0.4, -0.2) is 18.4 Å². The summed E-state index contributed by atoms with van der Waals surface area (Å²) >= 11 is 3.46. The lowest BCUT2D eigenvalue weighted by Gasteiger charge is -2.21. The largest absolute Gasteiger partial charge is 0.369 e. The van der Waals surface area contributed by atoms with Crippen LogP contribution in [0.3, 0.4) is 0 Å². The minimum atomic E-state index is -0.00410. The summed E-state index contributed by atoms with van der Waals surface area (Å²) in [4.78, 5) is 2.18. The molecule has 0 amide bonds. The summed E-state index contributed by atoms with van der Waals surface area (Å²) in [6, 6.07) is 10.8. The Balaban J connectivity index is 2.50. The van der Waals surface area contributed by atoms with Crippen molar-refractivity contribution in [1.82, 2.24) is 0 Å². The summed E-state index contributed by atoms with van der Waals surface area (Å²) in [5, 5.41) is 9.96. The molecule has 1 aromatic rings. The van der Waals surface area contributed by atoms with Crippen LogP contribution in [0.1, 0.15) is 11.5 Å². The number of likely N-dealkylation sites (N-methyl/N-ethyl adjacent to an activating group) is 1. The fourth-order valence-corrected chi connectivity index (χ4v) is 2.84. The molecule has 14 heavy (non-hydrogen) atoms. The first kappa shape index (κ1) is 9.54. The van der Waals surface area contributed by atoms with E-state index in [0.29, 0.717) is 0 Å². The SMILES string of the molecule is CN1c2ccccc2C(C#N)C1CBr. The summed E-state index contributed by atoms with van der Waals surface area (Å²) in [5.41, 5.74) is 2.34. The zero-order chi connectivity index (χ0) is 10.1. The van der Waals surface area contributed by atoms with Gasteiger partial charge in [0.05, 0.1) is 18.0 Å². The molecule has 1 aliphatic heterocycles. The highest BCUT2D eigenvalue weighted by molar-refractivity contribution is 9.09. The van der Waals surface area contributed by atoms with Gasteiger partial charge in [-0.1, -0.05) is 34.1 Å². The van der Waals surface area contributed by atoms with Crippen molar-refractivity contribution >= 4 is 21.6 Å². The number of hydrogen-bond acceptors (Lipinski definition) is 2. The van der Waals surface area contributed by atoms with E-state index in [1.807, 2.05) is 25.2 Å². The number of nitrogens with zero attached hydrogens (tertiary/aromatic N) is 2. The van der Waals surface area contributed by atoms with Gasteiger partial charge >= 0.3 is 0 Å². The number of para-hydroxylation sites is 1. The van der Waals surface area contributed by atoms with Crippen molar-refractivity contribution in [2.24, 2.45) is 0 Å². The molecule has 2 nitrogen and oxygen atoms in total. The highest BCUT2D eigenvalue weighted by Crippen LogP contribution is 2.39. The summed E-state index contributed by atoms with van der Waals surface area (Å²) in [6.45, 7) is 0. The molecule has 0 aromatic heterocycles. The van der Waals surface area contributed by atoms with E-state index in [2.05, 4.69) is 33.0 Å².